The van der Waals surface area contributed by atoms with Crippen molar-refractivity contribution in [2.75, 3.05) is 14.2 Å². The first-order chi connectivity index (χ1) is 5.27. The molecule has 0 saturated carbocycles. The molecule has 11 heavy (non-hydrogen) atoms. The van der Waals surface area contributed by atoms with E-state index in [2.05, 4.69) is 11.1 Å². The minimum Gasteiger partial charge on any atom is -0.494 e. The predicted molar refractivity (Wildman–Crippen MR) is 40.9 cm³/mol. The zero-order valence-electron chi connectivity index (χ0n) is 6.84. The first-order valence-corrected chi connectivity index (χ1v) is 3.25. The van der Waals surface area contributed by atoms with Crippen molar-refractivity contribution in [3.63, 3.8) is 0 Å². The number of pyridine rings is 1. The molecule has 0 saturated heterocycles. The molecule has 0 unspecified atom stereocenters. The highest BCUT2D eigenvalue weighted by Crippen LogP contribution is 2.19. The Kier molecular flexibility index (Phi) is 2.31. The van der Waals surface area contributed by atoms with Gasteiger partial charge in [-0.25, -0.2) is 0 Å². The van der Waals surface area contributed by atoms with E-state index in [1.54, 1.807) is 20.4 Å². The highest BCUT2D eigenvalue weighted by atomic mass is 16.5. The first kappa shape index (κ1) is 7.85. The van der Waals surface area contributed by atoms with Gasteiger partial charge >= 0.3 is 0 Å². The zero-order chi connectivity index (χ0) is 8.27. The summed E-state index contributed by atoms with van der Waals surface area (Å²) < 4.78 is 9.90. The largest absolute Gasteiger partial charge is 0.494 e. The molecule has 0 aliphatic heterocycles. The van der Waals surface area contributed by atoms with Gasteiger partial charge in [-0.3, -0.25) is 4.98 Å². The predicted octanol–water partition coefficient (Wildman–Crippen LogP) is 1.21. The minimum absolute atomic E-state index is 0.590. The maximum Gasteiger partial charge on any atom is 0.151 e. The summed E-state index contributed by atoms with van der Waals surface area (Å²) >= 11 is 0. The summed E-state index contributed by atoms with van der Waals surface area (Å²) in [4.78, 5) is 4.04. The van der Waals surface area contributed by atoms with Gasteiger partial charge in [-0.1, -0.05) is 0 Å². The Labute approximate surface area is 66.0 Å². The molecular weight excluding hydrogens is 142 g/mol. The Morgan fingerprint density at radius 1 is 1.36 bits per heavy atom. The van der Waals surface area contributed by atoms with Gasteiger partial charge in [0.15, 0.2) is 5.75 Å². The van der Waals surface area contributed by atoms with Crippen LogP contribution in [0.1, 0.15) is 5.69 Å². The van der Waals surface area contributed by atoms with E-state index in [9.17, 15) is 0 Å². The second-order valence-corrected chi connectivity index (χ2v) is 2.07. The van der Waals surface area contributed by atoms with Crippen LogP contribution >= 0.6 is 0 Å². The molecule has 1 aromatic heterocycles. The molecule has 59 valence electrons. The fourth-order valence-corrected chi connectivity index (χ4v) is 0.751. The molecule has 0 aromatic carbocycles. The molecule has 0 bridgehead atoms. The minimum atomic E-state index is 0.590. The second-order valence-electron chi connectivity index (χ2n) is 2.07. The average Bonchev–Trinajstić information content (AvgIpc) is 2.05. The lowest BCUT2D eigenvalue weighted by atomic mass is 10.3. The maximum atomic E-state index is 4.99. The van der Waals surface area contributed by atoms with E-state index < -0.39 is 0 Å². The molecule has 0 aliphatic carbocycles. The summed E-state index contributed by atoms with van der Waals surface area (Å²) in [6.07, 6.45) is 1.61. The van der Waals surface area contributed by atoms with Gasteiger partial charge in [0.25, 0.3) is 0 Å². The Bertz CT molecular complexity index is 248. The summed E-state index contributed by atoms with van der Waals surface area (Å²) in [5.74, 6) is 1.22. The monoisotopic (exact) mass is 152 g/mol. The number of aryl methyl sites for hydroxylation is 1. The second kappa shape index (κ2) is 3.23. The molecule has 1 rings (SSSR count). The van der Waals surface area contributed by atoms with E-state index in [1.165, 1.54) is 0 Å². The molecule has 0 amide bonds. The van der Waals surface area contributed by atoms with Crippen molar-refractivity contribution >= 4 is 0 Å². The topological polar surface area (TPSA) is 31.4 Å². The van der Waals surface area contributed by atoms with Crippen LogP contribution in [0.5, 0.6) is 11.5 Å². The highest BCUT2D eigenvalue weighted by molar-refractivity contribution is 5.32. The molecule has 0 aliphatic rings. The molecule has 0 atom stereocenters. The Morgan fingerprint density at radius 3 is 2.64 bits per heavy atom. The molecule has 0 spiro atoms. The van der Waals surface area contributed by atoms with Crippen molar-refractivity contribution < 1.29 is 9.47 Å². The van der Waals surface area contributed by atoms with Crippen LogP contribution in [-0.2, 0) is 0 Å². The summed E-state index contributed by atoms with van der Waals surface area (Å²) in [7, 11) is 3.16. The van der Waals surface area contributed by atoms with Gasteiger partial charge in [0.05, 0.1) is 32.2 Å². The van der Waals surface area contributed by atoms with E-state index in [4.69, 9.17) is 9.47 Å². The molecule has 1 aromatic rings. The van der Waals surface area contributed by atoms with Crippen molar-refractivity contribution in [3.05, 3.63) is 18.0 Å². The third-order valence-corrected chi connectivity index (χ3v) is 1.36. The fraction of sp³-hybridized carbons (Fsp3) is 0.375. The molecule has 1 heterocycles. The number of ether oxygens (including phenoxy) is 2. The van der Waals surface area contributed by atoms with E-state index in [0.29, 0.717) is 11.5 Å². The molecule has 3 heteroatoms. The van der Waals surface area contributed by atoms with Crippen molar-refractivity contribution in [2.24, 2.45) is 0 Å². The Hall–Kier alpha value is -1.25. The highest BCUT2D eigenvalue weighted by Gasteiger charge is 2.00. The van der Waals surface area contributed by atoms with Crippen LogP contribution < -0.4 is 9.47 Å². The van der Waals surface area contributed by atoms with Gasteiger partial charge in [0, 0.05) is 0 Å². The number of hydrogen-bond donors (Lipinski definition) is 0. The number of nitrogens with zero attached hydrogens (tertiary/aromatic N) is 1. The molecule has 3 nitrogen and oxygen atoms in total. The van der Waals surface area contributed by atoms with Gasteiger partial charge in [-0.15, -0.1) is 0 Å². The van der Waals surface area contributed by atoms with Gasteiger partial charge in [-0.05, 0) is 6.92 Å². The van der Waals surface area contributed by atoms with Gasteiger partial charge in [0.2, 0.25) is 0 Å². The van der Waals surface area contributed by atoms with E-state index >= 15 is 0 Å². The van der Waals surface area contributed by atoms with Gasteiger partial charge in [0.1, 0.15) is 5.75 Å². The van der Waals surface area contributed by atoms with Crippen LogP contribution in [0.3, 0.4) is 0 Å². The van der Waals surface area contributed by atoms with Crippen molar-refractivity contribution in [3.8, 4) is 11.5 Å². The third kappa shape index (κ3) is 1.61. The SMILES string of the molecule is COc1[c]c(OC)c(C)nc1. The lowest BCUT2D eigenvalue weighted by Gasteiger charge is -2.04. The van der Waals surface area contributed by atoms with Crippen molar-refractivity contribution in [1.82, 2.24) is 4.98 Å². The van der Waals surface area contributed by atoms with Crippen LogP contribution in [0, 0.1) is 13.0 Å². The lowest BCUT2D eigenvalue weighted by Crippen LogP contribution is -1.92. The van der Waals surface area contributed by atoms with E-state index in [0.717, 1.165) is 5.69 Å². The number of rotatable bonds is 2. The van der Waals surface area contributed by atoms with E-state index in [1.807, 2.05) is 6.92 Å². The summed E-state index contributed by atoms with van der Waals surface area (Å²) in [5.41, 5.74) is 0.813. The number of hydrogen-bond acceptors (Lipinski definition) is 3. The average molecular weight is 152 g/mol. The Balaban J connectivity index is 3.02. The van der Waals surface area contributed by atoms with Crippen LogP contribution in [0.4, 0.5) is 0 Å². The quantitative estimate of drug-likeness (QED) is 0.638. The standard InChI is InChI=1S/C8H10NO2/c1-6-8(11-3)4-7(10-2)5-9-6/h5H,1-3H3. The number of aromatic nitrogens is 1. The third-order valence-electron chi connectivity index (χ3n) is 1.36. The van der Waals surface area contributed by atoms with Crippen LogP contribution in [0.25, 0.3) is 0 Å². The zero-order valence-corrected chi connectivity index (χ0v) is 6.84. The van der Waals surface area contributed by atoms with Crippen LogP contribution in [-0.4, -0.2) is 19.2 Å². The first-order valence-electron chi connectivity index (χ1n) is 3.25. The fourth-order valence-electron chi connectivity index (χ4n) is 0.751. The van der Waals surface area contributed by atoms with Crippen LogP contribution in [0.2, 0.25) is 0 Å². The summed E-state index contributed by atoms with van der Waals surface area (Å²) in [6, 6.07) is 2.91. The normalized spacial score (nSPS) is 9.36. The van der Waals surface area contributed by atoms with Crippen molar-refractivity contribution in [1.29, 1.82) is 0 Å². The lowest BCUT2D eigenvalue weighted by molar-refractivity contribution is 0.386. The van der Waals surface area contributed by atoms with E-state index in [-0.39, 0.29) is 0 Å². The van der Waals surface area contributed by atoms with Gasteiger partial charge < -0.3 is 9.47 Å². The summed E-state index contributed by atoms with van der Waals surface area (Å²) in [5, 5.41) is 0. The molecule has 0 N–H and O–H groups in total. The van der Waals surface area contributed by atoms with Gasteiger partial charge in [-0.2, -0.15) is 0 Å². The molecular formula is C8H10NO2. The Morgan fingerprint density at radius 2 is 2.09 bits per heavy atom. The smallest absolute Gasteiger partial charge is 0.151 e. The van der Waals surface area contributed by atoms with Crippen LogP contribution in [0.15, 0.2) is 6.20 Å². The molecule has 1 radical (unpaired) electrons. The number of methoxy groups -OCH3 is 2. The molecule has 0 fully saturated rings. The van der Waals surface area contributed by atoms with Crippen molar-refractivity contribution in [2.45, 2.75) is 6.92 Å². The maximum absolute atomic E-state index is 4.99. The summed E-state index contributed by atoms with van der Waals surface area (Å²) in [6.45, 7) is 1.86.